The van der Waals surface area contributed by atoms with Crippen LogP contribution >= 0.6 is 0 Å². The van der Waals surface area contributed by atoms with E-state index in [1.807, 2.05) is 0 Å². The van der Waals surface area contributed by atoms with Gasteiger partial charge in [0.1, 0.15) is 6.10 Å². The van der Waals surface area contributed by atoms with E-state index in [1.165, 1.54) is 6.42 Å². The number of carboxylic acid groups (broad SMARTS) is 1. The van der Waals surface area contributed by atoms with Crippen LogP contribution in [0, 0.1) is 11.3 Å². The normalized spacial score (nSPS) is 19.7. The lowest BCUT2D eigenvalue weighted by molar-refractivity contribution is -0.169. The first kappa shape index (κ1) is 14.0. The second-order valence-electron chi connectivity index (χ2n) is 5.45. The number of ether oxygens (including phenoxy) is 1. The molecule has 0 aliphatic heterocycles. The van der Waals surface area contributed by atoms with E-state index < -0.39 is 17.3 Å². The lowest BCUT2D eigenvalue weighted by Gasteiger charge is -2.30. The summed E-state index contributed by atoms with van der Waals surface area (Å²) in [5, 5.41) is 8.96. The van der Waals surface area contributed by atoms with Crippen LogP contribution in [-0.4, -0.2) is 23.1 Å². The molecule has 4 nitrogen and oxygen atoms in total. The third kappa shape index (κ3) is 3.45. The van der Waals surface area contributed by atoms with E-state index in [-0.39, 0.29) is 12.1 Å². The molecule has 98 valence electrons. The van der Waals surface area contributed by atoms with Crippen LogP contribution in [0.15, 0.2) is 0 Å². The van der Waals surface area contributed by atoms with Crippen molar-refractivity contribution in [2.45, 2.75) is 59.0 Å². The highest BCUT2D eigenvalue weighted by molar-refractivity contribution is 5.83. The van der Waals surface area contributed by atoms with E-state index in [0.29, 0.717) is 0 Å². The lowest BCUT2D eigenvalue weighted by atomic mass is 9.80. The zero-order valence-electron chi connectivity index (χ0n) is 10.9. The van der Waals surface area contributed by atoms with Crippen LogP contribution in [0.5, 0.6) is 0 Å². The topological polar surface area (TPSA) is 63.6 Å². The van der Waals surface area contributed by atoms with Gasteiger partial charge in [0.2, 0.25) is 0 Å². The Morgan fingerprint density at radius 1 is 1.24 bits per heavy atom. The predicted octanol–water partition coefficient (Wildman–Crippen LogP) is 2.61. The van der Waals surface area contributed by atoms with Crippen molar-refractivity contribution in [3.63, 3.8) is 0 Å². The van der Waals surface area contributed by atoms with Crippen molar-refractivity contribution in [3.8, 4) is 0 Å². The Labute approximate surface area is 102 Å². The third-order valence-electron chi connectivity index (χ3n) is 3.80. The largest absolute Gasteiger partial charge is 0.481 e. The Balaban J connectivity index is 2.58. The van der Waals surface area contributed by atoms with Crippen LogP contribution < -0.4 is 0 Å². The molecule has 1 saturated carbocycles. The van der Waals surface area contributed by atoms with Crippen molar-refractivity contribution in [2.24, 2.45) is 11.3 Å². The van der Waals surface area contributed by atoms with E-state index in [4.69, 9.17) is 9.84 Å². The van der Waals surface area contributed by atoms with Crippen LogP contribution in [-0.2, 0) is 14.3 Å². The molecule has 1 aliphatic rings. The fourth-order valence-electron chi connectivity index (χ4n) is 1.97. The maximum absolute atomic E-state index is 12.0. The molecule has 0 bridgehead atoms. The maximum Gasteiger partial charge on any atom is 0.312 e. The zero-order chi connectivity index (χ0) is 13.1. The van der Waals surface area contributed by atoms with Crippen LogP contribution in [0.2, 0.25) is 0 Å². The Kier molecular flexibility index (Phi) is 4.54. The van der Waals surface area contributed by atoms with Gasteiger partial charge in [0.25, 0.3) is 0 Å². The molecule has 1 unspecified atom stereocenters. The Hall–Kier alpha value is -1.06. The van der Waals surface area contributed by atoms with Gasteiger partial charge < -0.3 is 9.84 Å². The first-order valence-electron chi connectivity index (χ1n) is 6.29. The van der Waals surface area contributed by atoms with Crippen LogP contribution in [0.4, 0.5) is 0 Å². The summed E-state index contributed by atoms with van der Waals surface area (Å²) in [7, 11) is 0. The van der Waals surface area contributed by atoms with Crippen molar-refractivity contribution < 1.29 is 19.4 Å². The fourth-order valence-corrected chi connectivity index (χ4v) is 1.97. The minimum atomic E-state index is -0.969. The monoisotopic (exact) mass is 242 g/mol. The van der Waals surface area contributed by atoms with Crippen molar-refractivity contribution in [2.75, 3.05) is 0 Å². The van der Waals surface area contributed by atoms with E-state index in [1.54, 1.807) is 20.8 Å². The van der Waals surface area contributed by atoms with Crippen molar-refractivity contribution in [1.29, 1.82) is 0 Å². The fraction of sp³-hybridized carbons (Fsp3) is 0.846. The molecule has 0 aromatic carbocycles. The molecule has 1 fully saturated rings. The summed E-state index contributed by atoms with van der Waals surface area (Å²) in [5.41, 5.74) is -0.969. The number of carbonyl (C=O) groups is 2. The number of rotatable bonds is 4. The number of hydrogen-bond acceptors (Lipinski definition) is 3. The van der Waals surface area contributed by atoms with Gasteiger partial charge in [-0.2, -0.15) is 0 Å². The van der Waals surface area contributed by atoms with Gasteiger partial charge in [-0.3, -0.25) is 9.59 Å². The SMILES string of the molecule is CC(C(=O)O)C(C)(C)C(=O)OC1CCCCC1. The second-order valence-corrected chi connectivity index (χ2v) is 5.45. The molecule has 0 spiro atoms. The zero-order valence-corrected chi connectivity index (χ0v) is 10.9. The first-order valence-corrected chi connectivity index (χ1v) is 6.29. The van der Waals surface area contributed by atoms with Crippen molar-refractivity contribution in [1.82, 2.24) is 0 Å². The minimum absolute atomic E-state index is 0.0171. The molecule has 0 aromatic rings. The van der Waals surface area contributed by atoms with Gasteiger partial charge in [0.05, 0.1) is 11.3 Å². The molecular formula is C13H22O4. The van der Waals surface area contributed by atoms with Gasteiger partial charge in [0, 0.05) is 0 Å². The summed E-state index contributed by atoms with van der Waals surface area (Å²) in [4.78, 5) is 22.9. The Morgan fingerprint density at radius 3 is 2.24 bits per heavy atom. The number of esters is 1. The van der Waals surface area contributed by atoms with Crippen molar-refractivity contribution >= 4 is 11.9 Å². The quantitative estimate of drug-likeness (QED) is 0.770. The first-order chi connectivity index (χ1) is 7.85. The molecular weight excluding hydrogens is 220 g/mol. The number of hydrogen-bond donors (Lipinski definition) is 1. The van der Waals surface area contributed by atoms with E-state index in [9.17, 15) is 9.59 Å². The molecule has 0 heterocycles. The molecule has 0 aromatic heterocycles. The average molecular weight is 242 g/mol. The van der Waals surface area contributed by atoms with Crippen LogP contribution in [0.1, 0.15) is 52.9 Å². The smallest absolute Gasteiger partial charge is 0.312 e. The molecule has 1 N–H and O–H groups in total. The molecule has 0 saturated heterocycles. The summed E-state index contributed by atoms with van der Waals surface area (Å²) >= 11 is 0. The molecule has 0 radical (unpaired) electrons. The van der Waals surface area contributed by atoms with Gasteiger partial charge in [0.15, 0.2) is 0 Å². The van der Waals surface area contributed by atoms with Crippen molar-refractivity contribution in [3.05, 3.63) is 0 Å². The number of carbonyl (C=O) groups excluding carboxylic acids is 1. The number of carboxylic acids is 1. The van der Waals surface area contributed by atoms with Gasteiger partial charge in [-0.15, -0.1) is 0 Å². The summed E-state index contributed by atoms with van der Waals surface area (Å²) in [6.45, 7) is 4.82. The molecule has 4 heteroatoms. The number of aliphatic carboxylic acids is 1. The van der Waals surface area contributed by atoms with Gasteiger partial charge in [-0.1, -0.05) is 13.3 Å². The summed E-state index contributed by atoms with van der Waals surface area (Å²) in [6, 6.07) is 0. The summed E-state index contributed by atoms with van der Waals surface area (Å²) in [6.07, 6.45) is 5.17. The highest BCUT2D eigenvalue weighted by Crippen LogP contribution is 2.31. The molecule has 17 heavy (non-hydrogen) atoms. The molecule has 1 aliphatic carbocycles. The van der Waals surface area contributed by atoms with Crippen LogP contribution in [0.25, 0.3) is 0 Å². The van der Waals surface area contributed by atoms with E-state index in [2.05, 4.69) is 0 Å². The second kappa shape index (κ2) is 5.52. The van der Waals surface area contributed by atoms with Gasteiger partial charge in [-0.05, 0) is 39.5 Å². The highest BCUT2D eigenvalue weighted by atomic mass is 16.5. The molecule has 0 amide bonds. The van der Waals surface area contributed by atoms with Gasteiger partial charge >= 0.3 is 11.9 Å². The minimum Gasteiger partial charge on any atom is -0.481 e. The molecule has 1 atom stereocenters. The average Bonchev–Trinajstić information content (AvgIpc) is 2.29. The van der Waals surface area contributed by atoms with Crippen LogP contribution in [0.3, 0.4) is 0 Å². The standard InChI is InChI=1S/C13H22O4/c1-9(11(14)15)13(2,3)12(16)17-10-7-5-4-6-8-10/h9-10H,4-8H2,1-3H3,(H,14,15). The predicted molar refractivity (Wildman–Crippen MR) is 63.5 cm³/mol. The molecule has 1 rings (SSSR count). The third-order valence-corrected chi connectivity index (χ3v) is 3.80. The summed E-state index contributed by atoms with van der Waals surface area (Å²) < 4.78 is 5.43. The van der Waals surface area contributed by atoms with E-state index in [0.717, 1.165) is 25.7 Å². The Bertz CT molecular complexity index is 290. The lowest BCUT2D eigenvalue weighted by Crippen LogP contribution is -2.39. The summed E-state index contributed by atoms with van der Waals surface area (Å²) in [5.74, 6) is -2.09. The van der Waals surface area contributed by atoms with Gasteiger partial charge in [-0.25, -0.2) is 0 Å². The highest BCUT2D eigenvalue weighted by Gasteiger charge is 2.40. The maximum atomic E-state index is 12.0. The van der Waals surface area contributed by atoms with E-state index >= 15 is 0 Å². The Morgan fingerprint density at radius 2 is 1.76 bits per heavy atom.